The predicted molar refractivity (Wildman–Crippen MR) is 103 cm³/mol. The molecule has 0 unspecified atom stereocenters. The van der Waals surface area contributed by atoms with Crippen LogP contribution >= 0.6 is 0 Å². The van der Waals surface area contributed by atoms with Gasteiger partial charge in [-0.3, -0.25) is 4.79 Å². The summed E-state index contributed by atoms with van der Waals surface area (Å²) in [5.41, 5.74) is 0.481. The van der Waals surface area contributed by atoms with Crippen LogP contribution < -0.4 is 5.32 Å². The highest BCUT2D eigenvalue weighted by atomic mass is 19.1. The Morgan fingerprint density at radius 2 is 1.75 bits per heavy atom. The zero-order valence-corrected chi connectivity index (χ0v) is 15.7. The van der Waals surface area contributed by atoms with Crippen molar-refractivity contribution in [3.05, 3.63) is 65.5 Å². The van der Waals surface area contributed by atoms with Crippen LogP contribution in [0.5, 0.6) is 5.75 Å². The second-order valence-corrected chi connectivity index (χ2v) is 7.54. The summed E-state index contributed by atoms with van der Waals surface area (Å²) in [5.74, 6) is -0.0466. The molecule has 1 aliphatic rings. The monoisotopic (exact) mass is 387 g/mol. The molecule has 6 heteroatoms. The molecule has 0 bridgehead atoms. The Kier molecular flexibility index (Phi) is 6.65. The molecular weight excluding hydrogens is 361 g/mol. The van der Waals surface area contributed by atoms with Crippen molar-refractivity contribution < 1.29 is 24.1 Å². The number of hydrogen-bond acceptors (Lipinski definition) is 4. The van der Waals surface area contributed by atoms with E-state index in [1.54, 1.807) is 24.3 Å². The van der Waals surface area contributed by atoms with Gasteiger partial charge in [-0.2, -0.15) is 0 Å². The molecular formula is C22H26FNO4. The highest BCUT2D eigenvalue weighted by Gasteiger charge is 2.33. The number of benzene rings is 2. The molecule has 1 fully saturated rings. The normalized spacial score (nSPS) is 22.0. The van der Waals surface area contributed by atoms with Gasteiger partial charge in [0.15, 0.2) is 0 Å². The summed E-state index contributed by atoms with van der Waals surface area (Å²) in [4.78, 5) is 12.2. The first-order valence-corrected chi connectivity index (χ1v) is 9.55. The largest absolute Gasteiger partial charge is 0.508 e. The maximum absolute atomic E-state index is 12.9. The fourth-order valence-electron chi connectivity index (χ4n) is 3.44. The number of ether oxygens (including phenoxy) is 1. The summed E-state index contributed by atoms with van der Waals surface area (Å²) < 4.78 is 18.6. The van der Waals surface area contributed by atoms with Gasteiger partial charge in [0.1, 0.15) is 11.6 Å². The lowest BCUT2D eigenvalue weighted by molar-refractivity contribution is -0.0238. The Labute approximate surface area is 164 Å². The van der Waals surface area contributed by atoms with Gasteiger partial charge in [0, 0.05) is 18.7 Å². The fourth-order valence-corrected chi connectivity index (χ4v) is 3.44. The minimum absolute atomic E-state index is 0.107. The van der Waals surface area contributed by atoms with Gasteiger partial charge >= 0.3 is 0 Å². The maximum atomic E-state index is 12.9. The zero-order chi connectivity index (χ0) is 20.0. The molecule has 0 saturated heterocycles. The number of phenolic OH excluding ortho intramolecular Hbond substituents is 1. The fraction of sp³-hybridized carbons (Fsp3) is 0.409. The Balaban J connectivity index is 1.38. The molecule has 0 aliphatic heterocycles. The molecule has 1 amide bonds. The van der Waals surface area contributed by atoms with Gasteiger partial charge in [-0.05, 0) is 73.6 Å². The Bertz CT molecular complexity index is 768. The zero-order valence-electron chi connectivity index (χ0n) is 15.7. The topological polar surface area (TPSA) is 78.8 Å². The number of nitrogens with one attached hydrogen (secondary N) is 1. The molecule has 0 atom stereocenters. The molecule has 0 heterocycles. The molecule has 28 heavy (non-hydrogen) atoms. The van der Waals surface area contributed by atoms with Crippen molar-refractivity contribution in [1.29, 1.82) is 0 Å². The number of hydrogen-bond donors (Lipinski definition) is 3. The van der Waals surface area contributed by atoms with Crippen molar-refractivity contribution in [3.8, 4) is 5.75 Å². The van der Waals surface area contributed by atoms with Crippen molar-refractivity contribution >= 4 is 5.91 Å². The van der Waals surface area contributed by atoms with Gasteiger partial charge in [0.2, 0.25) is 0 Å². The van der Waals surface area contributed by atoms with Crippen LogP contribution in [0.4, 0.5) is 4.39 Å². The van der Waals surface area contributed by atoms with Crippen molar-refractivity contribution in [2.45, 2.75) is 37.9 Å². The summed E-state index contributed by atoms with van der Waals surface area (Å²) in [6.45, 7) is 1.26. The first kappa shape index (κ1) is 20.3. The first-order chi connectivity index (χ1) is 13.4. The standard InChI is InChI=1S/C22H26FNO4/c23-19-5-1-16(2-6-19)13-28-14-17-9-11-22(27,12-10-17)15-24-21(26)18-3-7-20(25)8-4-18/h1-8,17,25,27H,9-15H2,(H,24,26). The van der Waals surface area contributed by atoms with Crippen LogP contribution in [-0.2, 0) is 11.3 Å². The van der Waals surface area contributed by atoms with Crippen molar-refractivity contribution in [2.75, 3.05) is 13.2 Å². The number of carbonyl (C=O) groups excluding carboxylic acids is 1. The van der Waals surface area contributed by atoms with Gasteiger partial charge < -0.3 is 20.3 Å². The van der Waals surface area contributed by atoms with E-state index in [1.165, 1.54) is 24.3 Å². The summed E-state index contributed by atoms with van der Waals surface area (Å²) >= 11 is 0. The molecule has 0 aromatic heterocycles. The van der Waals surface area contributed by atoms with Crippen LogP contribution in [-0.4, -0.2) is 34.9 Å². The maximum Gasteiger partial charge on any atom is 0.251 e. The van der Waals surface area contributed by atoms with E-state index in [2.05, 4.69) is 5.32 Å². The van der Waals surface area contributed by atoms with E-state index < -0.39 is 5.60 Å². The molecule has 3 N–H and O–H groups in total. The van der Waals surface area contributed by atoms with E-state index in [9.17, 15) is 19.4 Å². The summed E-state index contributed by atoms with van der Waals surface area (Å²) in [6.07, 6.45) is 2.87. The third kappa shape index (κ3) is 5.78. The van der Waals surface area contributed by atoms with Gasteiger partial charge in [0.25, 0.3) is 5.91 Å². The summed E-state index contributed by atoms with van der Waals surface area (Å²) in [5, 5.41) is 22.8. The minimum Gasteiger partial charge on any atom is -0.508 e. The van der Waals surface area contributed by atoms with Crippen LogP contribution in [0.2, 0.25) is 0 Å². The lowest BCUT2D eigenvalue weighted by Crippen LogP contribution is -2.45. The molecule has 2 aromatic carbocycles. The Morgan fingerprint density at radius 1 is 1.11 bits per heavy atom. The number of halogens is 1. The SMILES string of the molecule is O=C(NCC1(O)CCC(COCc2ccc(F)cc2)CC1)c1ccc(O)cc1. The Morgan fingerprint density at radius 3 is 2.39 bits per heavy atom. The molecule has 5 nitrogen and oxygen atoms in total. The van der Waals surface area contributed by atoms with E-state index in [1.807, 2.05) is 0 Å². The van der Waals surface area contributed by atoms with Crippen molar-refractivity contribution in [3.63, 3.8) is 0 Å². The third-order valence-electron chi connectivity index (χ3n) is 5.28. The molecule has 2 aromatic rings. The van der Waals surface area contributed by atoms with Gasteiger partial charge in [-0.25, -0.2) is 4.39 Å². The van der Waals surface area contributed by atoms with Crippen molar-refractivity contribution in [1.82, 2.24) is 5.32 Å². The molecule has 0 radical (unpaired) electrons. The van der Waals surface area contributed by atoms with Crippen LogP contribution in [0.1, 0.15) is 41.6 Å². The number of aliphatic hydroxyl groups is 1. The summed E-state index contributed by atoms with van der Waals surface area (Å²) in [6, 6.07) is 12.3. The van der Waals surface area contributed by atoms with Crippen LogP contribution in [0.3, 0.4) is 0 Å². The quantitative estimate of drug-likeness (QED) is 0.680. The number of rotatable bonds is 7. The van der Waals surface area contributed by atoms with E-state index in [0.717, 1.165) is 18.4 Å². The van der Waals surface area contributed by atoms with Crippen LogP contribution in [0.25, 0.3) is 0 Å². The molecule has 0 spiro atoms. The molecule has 1 saturated carbocycles. The highest BCUT2D eigenvalue weighted by Crippen LogP contribution is 2.32. The average Bonchev–Trinajstić information content (AvgIpc) is 2.70. The third-order valence-corrected chi connectivity index (χ3v) is 5.28. The lowest BCUT2D eigenvalue weighted by atomic mass is 9.79. The number of carbonyl (C=O) groups is 1. The van der Waals surface area contributed by atoms with E-state index in [0.29, 0.717) is 37.5 Å². The number of phenols is 1. The number of amides is 1. The number of aromatic hydroxyl groups is 1. The highest BCUT2D eigenvalue weighted by molar-refractivity contribution is 5.94. The van der Waals surface area contributed by atoms with Gasteiger partial charge in [-0.15, -0.1) is 0 Å². The molecule has 150 valence electrons. The van der Waals surface area contributed by atoms with Gasteiger partial charge in [-0.1, -0.05) is 12.1 Å². The van der Waals surface area contributed by atoms with E-state index >= 15 is 0 Å². The average molecular weight is 387 g/mol. The molecule has 1 aliphatic carbocycles. The summed E-state index contributed by atoms with van der Waals surface area (Å²) in [7, 11) is 0. The first-order valence-electron chi connectivity index (χ1n) is 9.55. The minimum atomic E-state index is -0.903. The van der Waals surface area contributed by atoms with E-state index in [4.69, 9.17) is 4.74 Å². The smallest absolute Gasteiger partial charge is 0.251 e. The second kappa shape index (κ2) is 9.17. The van der Waals surface area contributed by atoms with Crippen LogP contribution in [0, 0.1) is 11.7 Å². The van der Waals surface area contributed by atoms with Crippen LogP contribution in [0.15, 0.2) is 48.5 Å². The van der Waals surface area contributed by atoms with Gasteiger partial charge in [0.05, 0.1) is 12.2 Å². The predicted octanol–water partition coefficient (Wildman–Crippen LogP) is 3.40. The van der Waals surface area contributed by atoms with E-state index in [-0.39, 0.29) is 24.0 Å². The lowest BCUT2D eigenvalue weighted by Gasteiger charge is -2.36. The molecule has 3 rings (SSSR count). The Hall–Kier alpha value is -2.44. The second-order valence-electron chi connectivity index (χ2n) is 7.54. The van der Waals surface area contributed by atoms with Crippen molar-refractivity contribution in [2.24, 2.45) is 5.92 Å².